The van der Waals surface area contributed by atoms with Crippen molar-refractivity contribution in [3.8, 4) is 0 Å². The fraction of sp³-hybridized carbons (Fsp3) is 0.417. The topological polar surface area (TPSA) is 67.1 Å². The second-order valence-corrected chi connectivity index (χ2v) is 3.81. The molecule has 1 rings (SSSR count). The first-order valence-corrected chi connectivity index (χ1v) is 5.50. The van der Waals surface area contributed by atoms with Crippen LogP contribution in [-0.2, 0) is 0 Å². The number of benzene rings is 1. The summed E-state index contributed by atoms with van der Waals surface area (Å²) in [5.74, 6) is 0. The zero-order valence-electron chi connectivity index (χ0n) is 9.79. The van der Waals surface area contributed by atoms with Crippen LogP contribution in [0.25, 0.3) is 0 Å². The summed E-state index contributed by atoms with van der Waals surface area (Å²) in [7, 11) is 0. The van der Waals surface area contributed by atoms with Gasteiger partial charge in [0.25, 0.3) is 0 Å². The van der Waals surface area contributed by atoms with E-state index in [-0.39, 0.29) is 12.1 Å². The lowest BCUT2D eigenvalue weighted by molar-refractivity contribution is 0.248. The summed E-state index contributed by atoms with van der Waals surface area (Å²) in [6.45, 7) is 4.43. The molecule has 0 heterocycles. The lowest BCUT2D eigenvalue weighted by Crippen LogP contribution is -2.41. The third-order valence-corrected chi connectivity index (χ3v) is 2.39. The molecule has 0 radical (unpaired) electrons. The molecular formula is C12H19N3O. The van der Waals surface area contributed by atoms with Crippen molar-refractivity contribution < 1.29 is 4.79 Å². The number of anilines is 1. The van der Waals surface area contributed by atoms with E-state index in [2.05, 4.69) is 10.6 Å². The van der Waals surface area contributed by atoms with Crippen molar-refractivity contribution in [1.82, 2.24) is 5.32 Å². The number of hydrogen-bond donors (Lipinski definition) is 3. The highest BCUT2D eigenvalue weighted by molar-refractivity contribution is 5.89. The van der Waals surface area contributed by atoms with Gasteiger partial charge in [0, 0.05) is 18.3 Å². The van der Waals surface area contributed by atoms with Crippen LogP contribution in [0.3, 0.4) is 0 Å². The fourth-order valence-corrected chi connectivity index (χ4v) is 1.40. The molecule has 0 aliphatic carbocycles. The molecule has 88 valence electrons. The van der Waals surface area contributed by atoms with Crippen molar-refractivity contribution >= 4 is 11.7 Å². The molecule has 0 spiro atoms. The number of amides is 2. The van der Waals surface area contributed by atoms with Crippen LogP contribution in [0, 0.1) is 6.92 Å². The Kier molecular flexibility index (Phi) is 4.79. The molecule has 1 aromatic carbocycles. The summed E-state index contributed by atoms with van der Waals surface area (Å²) in [4.78, 5) is 11.6. The summed E-state index contributed by atoms with van der Waals surface area (Å²) < 4.78 is 0. The van der Waals surface area contributed by atoms with Crippen LogP contribution in [0.1, 0.15) is 18.9 Å². The van der Waals surface area contributed by atoms with Crippen LogP contribution in [-0.4, -0.2) is 18.6 Å². The van der Waals surface area contributed by atoms with Crippen molar-refractivity contribution in [3.63, 3.8) is 0 Å². The molecule has 0 fully saturated rings. The molecule has 0 saturated heterocycles. The van der Waals surface area contributed by atoms with Gasteiger partial charge in [-0.25, -0.2) is 4.79 Å². The highest BCUT2D eigenvalue weighted by Crippen LogP contribution is 2.09. The first-order chi connectivity index (χ1) is 7.65. The van der Waals surface area contributed by atoms with Crippen LogP contribution >= 0.6 is 0 Å². The van der Waals surface area contributed by atoms with Crippen molar-refractivity contribution in [2.24, 2.45) is 5.73 Å². The second kappa shape index (κ2) is 6.12. The third kappa shape index (κ3) is 3.90. The first-order valence-electron chi connectivity index (χ1n) is 5.50. The molecule has 0 aliphatic rings. The van der Waals surface area contributed by atoms with E-state index in [0.29, 0.717) is 6.54 Å². The monoisotopic (exact) mass is 221 g/mol. The van der Waals surface area contributed by atoms with Gasteiger partial charge < -0.3 is 16.4 Å². The Morgan fingerprint density at radius 1 is 1.50 bits per heavy atom. The van der Waals surface area contributed by atoms with Gasteiger partial charge in [-0.05, 0) is 31.0 Å². The maximum atomic E-state index is 11.6. The lowest BCUT2D eigenvalue weighted by Gasteiger charge is -2.15. The molecular weight excluding hydrogens is 202 g/mol. The molecule has 0 aliphatic heterocycles. The minimum absolute atomic E-state index is 0.0322. The van der Waals surface area contributed by atoms with E-state index in [9.17, 15) is 4.79 Å². The molecule has 0 aromatic heterocycles. The molecule has 4 N–H and O–H groups in total. The lowest BCUT2D eigenvalue weighted by atomic mass is 10.2. The van der Waals surface area contributed by atoms with Crippen LogP contribution < -0.4 is 16.4 Å². The Hall–Kier alpha value is -1.55. The zero-order chi connectivity index (χ0) is 12.0. The molecule has 4 nitrogen and oxygen atoms in total. The first kappa shape index (κ1) is 12.5. The van der Waals surface area contributed by atoms with Gasteiger partial charge in [0.1, 0.15) is 0 Å². The maximum absolute atomic E-state index is 11.6. The number of urea groups is 1. The van der Waals surface area contributed by atoms with Gasteiger partial charge in [0.2, 0.25) is 0 Å². The largest absolute Gasteiger partial charge is 0.334 e. The van der Waals surface area contributed by atoms with E-state index in [4.69, 9.17) is 5.73 Å². The minimum Gasteiger partial charge on any atom is -0.334 e. The molecule has 1 aromatic rings. The number of rotatable bonds is 4. The average Bonchev–Trinajstić information content (AvgIpc) is 2.26. The highest BCUT2D eigenvalue weighted by Gasteiger charge is 2.07. The number of hydrogen-bond acceptors (Lipinski definition) is 2. The predicted molar refractivity (Wildman–Crippen MR) is 66.5 cm³/mol. The third-order valence-electron chi connectivity index (χ3n) is 2.39. The quantitative estimate of drug-likeness (QED) is 0.726. The predicted octanol–water partition coefficient (Wildman–Crippen LogP) is 1.85. The number of nitrogens with one attached hydrogen (secondary N) is 2. The highest BCUT2D eigenvalue weighted by atomic mass is 16.2. The van der Waals surface area contributed by atoms with Crippen LogP contribution in [0.5, 0.6) is 0 Å². The van der Waals surface area contributed by atoms with Crippen molar-refractivity contribution in [2.45, 2.75) is 26.3 Å². The fourth-order valence-electron chi connectivity index (χ4n) is 1.40. The van der Waals surface area contributed by atoms with Gasteiger partial charge in [0.05, 0.1) is 0 Å². The Morgan fingerprint density at radius 3 is 2.81 bits per heavy atom. The second-order valence-electron chi connectivity index (χ2n) is 3.81. The Bertz CT molecular complexity index is 348. The van der Waals surface area contributed by atoms with Gasteiger partial charge in [-0.2, -0.15) is 0 Å². The smallest absolute Gasteiger partial charge is 0.319 e. The number of carbonyl (C=O) groups excluding carboxylic acids is 1. The molecule has 0 bridgehead atoms. The standard InChI is InChI=1S/C12H19N3O/c1-3-10(8-13)14-12(16)15-11-6-4-5-9(2)7-11/h4-7,10H,3,8,13H2,1-2H3,(H2,14,15,16). The Labute approximate surface area is 96.2 Å². The van der Waals surface area contributed by atoms with E-state index in [1.807, 2.05) is 38.1 Å². The van der Waals surface area contributed by atoms with E-state index in [1.54, 1.807) is 0 Å². The Balaban J connectivity index is 2.51. The summed E-state index contributed by atoms with van der Waals surface area (Å²) in [5.41, 5.74) is 7.42. The number of carbonyl (C=O) groups is 1. The van der Waals surface area contributed by atoms with E-state index in [0.717, 1.165) is 17.7 Å². The number of aryl methyl sites for hydroxylation is 1. The van der Waals surface area contributed by atoms with Gasteiger partial charge in [-0.15, -0.1) is 0 Å². The van der Waals surface area contributed by atoms with E-state index < -0.39 is 0 Å². The van der Waals surface area contributed by atoms with Crippen LogP contribution in [0.15, 0.2) is 24.3 Å². The average molecular weight is 221 g/mol. The summed E-state index contributed by atoms with van der Waals surface area (Å²) in [5, 5.41) is 5.59. The summed E-state index contributed by atoms with van der Waals surface area (Å²) in [6, 6.07) is 7.50. The molecule has 1 atom stereocenters. The summed E-state index contributed by atoms with van der Waals surface area (Å²) >= 11 is 0. The van der Waals surface area contributed by atoms with Gasteiger partial charge >= 0.3 is 6.03 Å². The minimum atomic E-state index is -0.206. The zero-order valence-corrected chi connectivity index (χ0v) is 9.79. The summed E-state index contributed by atoms with van der Waals surface area (Å²) in [6.07, 6.45) is 0.831. The molecule has 0 saturated carbocycles. The molecule has 2 amide bonds. The maximum Gasteiger partial charge on any atom is 0.319 e. The van der Waals surface area contributed by atoms with E-state index in [1.165, 1.54) is 0 Å². The molecule has 4 heteroatoms. The van der Waals surface area contributed by atoms with Gasteiger partial charge in [0.15, 0.2) is 0 Å². The Morgan fingerprint density at radius 2 is 2.25 bits per heavy atom. The normalized spacial score (nSPS) is 11.9. The molecule has 16 heavy (non-hydrogen) atoms. The van der Waals surface area contributed by atoms with Crippen LogP contribution in [0.4, 0.5) is 10.5 Å². The van der Waals surface area contributed by atoms with Crippen molar-refractivity contribution in [2.75, 3.05) is 11.9 Å². The van der Waals surface area contributed by atoms with Crippen molar-refractivity contribution in [1.29, 1.82) is 0 Å². The molecule has 1 unspecified atom stereocenters. The SMILES string of the molecule is CCC(CN)NC(=O)Nc1cccc(C)c1. The van der Waals surface area contributed by atoms with E-state index >= 15 is 0 Å². The van der Waals surface area contributed by atoms with Gasteiger partial charge in [-0.3, -0.25) is 0 Å². The van der Waals surface area contributed by atoms with Crippen LogP contribution in [0.2, 0.25) is 0 Å². The number of nitrogens with two attached hydrogens (primary N) is 1. The van der Waals surface area contributed by atoms with Gasteiger partial charge in [-0.1, -0.05) is 19.1 Å². The van der Waals surface area contributed by atoms with Crippen molar-refractivity contribution in [3.05, 3.63) is 29.8 Å².